The number of hydrogen-bond donors (Lipinski definition) is 0. The summed E-state index contributed by atoms with van der Waals surface area (Å²) in [6.07, 6.45) is 1.63. The van der Waals surface area contributed by atoms with Crippen LogP contribution in [-0.4, -0.2) is 18.1 Å². The average molecular weight is 309 g/mol. The Bertz CT molecular complexity index is 352. The average Bonchev–Trinajstić information content (AvgIpc) is 2.12. The van der Waals surface area contributed by atoms with Gasteiger partial charge in [-0.25, -0.2) is 9.78 Å². The zero-order chi connectivity index (χ0) is 10.0. The number of hydrogen-bond acceptors (Lipinski definition) is 3. The minimum atomic E-state index is -0.391. The van der Waals surface area contributed by atoms with Crippen LogP contribution in [0.5, 0.6) is 0 Å². The first-order valence-electron chi connectivity index (χ1n) is 3.46. The van der Waals surface area contributed by atoms with Gasteiger partial charge in [-0.3, -0.25) is 0 Å². The SMILES string of the molecule is COC(=O)c1c(Br)ncc(Br)c1C. The zero-order valence-electron chi connectivity index (χ0n) is 7.10. The molecular formula is C8H7Br2NO2. The van der Waals surface area contributed by atoms with E-state index in [1.165, 1.54) is 7.11 Å². The fourth-order valence-electron chi connectivity index (χ4n) is 0.888. The van der Waals surface area contributed by atoms with Gasteiger partial charge in [-0.15, -0.1) is 0 Å². The Morgan fingerprint density at radius 2 is 2.15 bits per heavy atom. The van der Waals surface area contributed by atoms with Crippen LogP contribution in [-0.2, 0) is 4.74 Å². The molecule has 1 rings (SSSR count). The van der Waals surface area contributed by atoms with E-state index in [0.29, 0.717) is 10.2 Å². The number of esters is 1. The van der Waals surface area contributed by atoms with Crippen LogP contribution in [0.1, 0.15) is 15.9 Å². The summed E-state index contributed by atoms with van der Waals surface area (Å²) >= 11 is 6.48. The van der Waals surface area contributed by atoms with Crippen molar-refractivity contribution >= 4 is 37.8 Å². The molecule has 1 aromatic rings. The van der Waals surface area contributed by atoms with Crippen LogP contribution in [0, 0.1) is 6.92 Å². The van der Waals surface area contributed by atoms with E-state index in [4.69, 9.17) is 0 Å². The van der Waals surface area contributed by atoms with E-state index < -0.39 is 5.97 Å². The highest BCUT2D eigenvalue weighted by atomic mass is 79.9. The second-order valence-electron chi connectivity index (χ2n) is 2.39. The minimum Gasteiger partial charge on any atom is -0.465 e. The number of aromatic nitrogens is 1. The number of pyridine rings is 1. The molecule has 0 aliphatic rings. The van der Waals surface area contributed by atoms with Crippen molar-refractivity contribution in [3.8, 4) is 0 Å². The fourth-order valence-corrected chi connectivity index (χ4v) is 1.75. The normalized spacial score (nSPS) is 9.85. The van der Waals surface area contributed by atoms with Crippen molar-refractivity contribution in [1.82, 2.24) is 4.98 Å². The number of rotatable bonds is 1. The third-order valence-corrected chi connectivity index (χ3v) is 3.02. The minimum absolute atomic E-state index is 0.391. The zero-order valence-corrected chi connectivity index (χ0v) is 10.3. The maximum absolute atomic E-state index is 11.3. The Morgan fingerprint density at radius 1 is 1.54 bits per heavy atom. The van der Waals surface area contributed by atoms with E-state index >= 15 is 0 Å². The van der Waals surface area contributed by atoms with Crippen molar-refractivity contribution in [3.63, 3.8) is 0 Å². The molecule has 3 nitrogen and oxygen atoms in total. The molecule has 0 unspecified atom stereocenters. The molecule has 0 spiro atoms. The number of methoxy groups -OCH3 is 1. The van der Waals surface area contributed by atoms with E-state index in [9.17, 15) is 4.79 Å². The molecule has 0 amide bonds. The van der Waals surface area contributed by atoms with Crippen molar-refractivity contribution in [1.29, 1.82) is 0 Å². The molecule has 70 valence electrons. The van der Waals surface area contributed by atoms with Gasteiger partial charge < -0.3 is 4.74 Å². The Labute approximate surface area is 92.8 Å². The molecular weight excluding hydrogens is 302 g/mol. The lowest BCUT2D eigenvalue weighted by atomic mass is 10.2. The first-order chi connectivity index (χ1) is 6.07. The van der Waals surface area contributed by atoms with E-state index in [1.807, 2.05) is 6.92 Å². The second-order valence-corrected chi connectivity index (χ2v) is 3.99. The fraction of sp³-hybridized carbons (Fsp3) is 0.250. The summed E-state index contributed by atoms with van der Waals surface area (Å²) in [6, 6.07) is 0. The topological polar surface area (TPSA) is 39.2 Å². The van der Waals surface area contributed by atoms with Crippen molar-refractivity contribution in [2.24, 2.45) is 0 Å². The summed E-state index contributed by atoms with van der Waals surface area (Å²) < 4.78 is 5.91. The van der Waals surface area contributed by atoms with E-state index in [1.54, 1.807) is 6.20 Å². The van der Waals surface area contributed by atoms with Gasteiger partial charge in [0.1, 0.15) is 4.60 Å². The van der Waals surface area contributed by atoms with Crippen LogP contribution in [0.4, 0.5) is 0 Å². The maximum atomic E-state index is 11.3. The molecule has 0 saturated carbocycles. The molecule has 1 aromatic heterocycles. The summed E-state index contributed by atoms with van der Waals surface area (Å²) in [6.45, 7) is 1.82. The summed E-state index contributed by atoms with van der Waals surface area (Å²) in [5.74, 6) is -0.391. The largest absolute Gasteiger partial charge is 0.465 e. The highest BCUT2D eigenvalue weighted by Gasteiger charge is 2.16. The molecule has 0 radical (unpaired) electrons. The molecule has 13 heavy (non-hydrogen) atoms. The number of halogens is 2. The third kappa shape index (κ3) is 2.08. The van der Waals surface area contributed by atoms with Gasteiger partial charge in [0.15, 0.2) is 0 Å². The monoisotopic (exact) mass is 307 g/mol. The smallest absolute Gasteiger partial charge is 0.340 e. The Hall–Kier alpha value is -0.420. The summed E-state index contributed by atoms with van der Waals surface area (Å²) in [5.41, 5.74) is 1.27. The van der Waals surface area contributed by atoms with Crippen LogP contribution < -0.4 is 0 Å². The number of nitrogens with zero attached hydrogens (tertiary/aromatic N) is 1. The van der Waals surface area contributed by atoms with Crippen LogP contribution in [0.2, 0.25) is 0 Å². The van der Waals surface area contributed by atoms with Gasteiger partial charge in [-0.05, 0) is 44.3 Å². The molecule has 5 heteroatoms. The molecule has 0 N–H and O–H groups in total. The maximum Gasteiger partial charge on any atom is 0.340 e. The Kier molecular flexibility index (Phi) is 3.44. The van der Waals surface area contributed by atoms with Gasteiger partial charge >= 0.3 is 5.97 Å². The van der Waals surface area contributed by atoms with E-state index in [0.717, 1.165) is 10.0 Å². The number of carbonyl (C=O) groups is 1. The summed E-state index contributed by atoms with van der Waals surface area (Å²) in [4.78, 5) is 15.3. The summed E-state index contributed by atoms with van der Waals surface area (Å²) in [7, 11) is 1.34. The first kappa shape index (κ1) is 10.7. The highest BCUT2D eigenvalue weighted by molar-refractivity contribution is 9.11. The Balaban J connectivity index is 3.33. The molecule has 1 heterocycles. The Morgan fingerprint density at radius 3 is 2.69 bits per heavy atom. The van der Waals surface area contributed by atoms with Gasteiger partial charge in [0.05, 0.1) is 12.7 Å². The van der Waals surface area contributed by atoms with Crippen LogP contribution in [0.15, 0.2) is 15.3 Å². The van der Waals surface area contributed by atoms with E-state index in [-0.39, 0.29) is 0 Å². The van der Waals surface area contributed by atoms with E-state index in [2.05, 4.69) is 41.6 Å². The predicted octanol–water partition coefficient (Wildman–Crippen LogP) is 2.70. The molecule has 0 atom stereocenters. The lowest BCUT2D eigenvalue weighted by molar-refractivity contribution is 0.0598. The summed E-state index contributed by atoms with van der Waals surface area (Å²) in [5, 5.41) is 0. The van der Waals surface area contributed by atoms with Crippen LogP contribution >= 0.6 is 31.9 Å². The highest BCUT2D eigenvalue weighted by Crippen LogP contribution is 2.24. The third-order valence-electron chi connectivity index (χ3n) is 1.62. The molecule has 0 aromatic carbocycles. The molecule has 0 bridgehead atoms. The lowest BCUT2D eigenvalue weighted by Crippen LogP contribution is -2.06. The van der Waals surface area contributed by atoms with Gasteiger partial charge in [0.2, 0.25) is 0 Å². The molecule has 0 aliphatic carbocycles. The molecule has 0 saturated heterocycles. The lowest BCUT2D eigenvalue weighted by Gasteiger charge is -2.06. The first-order valence-corrected chi connectivity index (χ1v) is 5.05. The van der Waals surface area contributed by atoms with Gasteiger partial charge in [-0.2, -0.15) is 0 Å². The molecule has 0 fully saturated rings. The van der Waals surface area contributed by atoms with Crippen molar-refractivity contribution in [3.05, 3.63) is 26.4 Å². The quantitative estimate of drug-likeness (QED) is 0.591. The number of ether oxygens (including phenoxy) is 1. The second kappa shape index (κ2) is 4.19. The predicted molar refractivity (Wildman–Crippen MR) is 55.7 cm³/mol. The number of carbonyl (C=O) groups excluding carboxylic acids is 1. The van der Waals surface area contributed by atoms with Crippen molar-refractivity contribution in [2.45, 2.75) is 6.92 Å². The molecule has 0 aliphatic heterocycles. The van der Waals surface area contributed by atoms with Crippen molar-refractivity contribution < 1.29 is 9.53 Å². The van der Waals surface area contributed by atoms with Crippen LogP contribution in [0.3, 0.4) is 0 Å². The standard InChI is InChI=1S/C8H7Br2NO2/c1-4-5(9)3-11-7(10)6(4)8(12)13-2/h3H,1-2H3. The van der Waals surface area contributed by atoms with Crippen LogP contribution in [0.25, 0.3) is 0 Å². The van der Waals surface area contributed by atoms with Gasteiger partial charge in [-0.1, -0.05) is 0 Å². The van der Waals surface area contributed by atoms with Gasteiger partial charge in [0.25, 0.3) is 0 Å². The van der Waals surface area contributed by atoms with Crippen molar-refractivity contribution in [2.75, 3.05) is 7.11 Å². The van der Waals surface area contributed by atoms with Gasteiger partial charge in [0, 0.05) is 10.7 Å².